The van der Waals surface area contributed by atoms with Crippen molar-refractivity contribution >= 4 is 27.5 Å². The van der Waals surface area contributed by atoms with Crippen LogP contribution in [0, 0.1) is 0 Å². The Hall–Kier alpha value is -1.36. The summed E-state index contributed by atoms with van der Waals surface area (Å²) in [6.07, 6.45) is 0.118. The van der Waals surface area contributed by atoms with Crippen LogP contribution in [0.25, 0.3) is 10.2 Å². The predicted octanol–water partition coefficient (Wildman–Crippen LogP) is 2.91. The summed E-state index contributed by atoms with van der Waals surface area (Å²) in [6.45, 7) is 6.81. The van der Waals surface area contributed by atoms with E-state index in [0.717, 1.165) is 16.8 Å². The first kappa shape index (κ1) is 11.1. The third-order valence-electron chi connectivity index (χ3n) is 1.97. The van der Waals surface area contributed by atoms with Crippen LogP contribution in [-0.2, 0) is 0 Å². The fourth-order valence-corrected chi connectivity index (χ4v) is 2.13. The first-order valence-electron chi connectivity index (χ1n) is 5.36. The van der Waals surface area contributed by atoms with Gasteiger partial charge in [-0.05, 0) is 32.2 Å². The Kier molecular flexibility index (Phi) is 3.24. The molecule has 0 aliphatic carbocycles. The van der Waals surface area contributed by atoms with Crippen LogP contribution < -0.4 is 10.1 Å². The van der Waals surface area contributed by atoms with Gasteiger partial charge in [-0.2, -0.15) is 4.98 Å². The number of rotatable bonds is 4. The van der Waals surface area contributed by atoms with Gasteiger partial charge >= 0.3 is 0 Å². The third-order valence-corrected chi connectivity index (χ3v) is 2.78. The summed E-state index contributed by atoms with van der Waals surface area (Å²) in [4.78, 5) is 9.73. The van der Waals surface area contributed by atoms with Crippen LogP contribution in [0.4, 0.5) is 5.95 Å². The smallest absolute Gasteiger partial charge is 0.227 e. The van der Waals surface area contributed by atoms with Crippen molar-refractivity contribution in [3.05, 3.63) is 11.4 Å². The number of nitrogens with one attached hydrogen (secondary N) is 1. The molecule has 0 saturated heterocycles. The second-order valence-electron chi connectivity index (χ2n) is 3.69. The zero-order chi connectivity index (χ0) is 11.5. The molecule has 1 N–H and O–H groups in total. The lowest BCUT2D eigenvalue weighted by Crippen LogP contribution is -2.09. The van der Waals surface area contributed by atoms with Gasteiger partial charge in [-0.15, -0.1) is 11.3 Å². The van der Waals surface area contributed by atoms with Crippen LogP contribution in [0.1, 0.15) is 20.8 Å². The highest BCUT2D eigenvalue weighted by atomic mass is 32.1. The number of hydrogen-bond acceptors (Lipinski definition) is 5. The summed E-state index contributed by atoms with van der Waals surface area (Å²) >= 11 is 1.60. The first-order valence-corrected chi connectivity index (χ1v) is 6.24. The number of anilines is 1. The zero-order valence-electron chi connectivity index (χ0n) is 9.65. The molecule has 0 saturated carbocycles. The molecule has 2 aromatic heterocycles. The van der Waals surface area contributed by atoms with Gasteiger partial charge in [-0.1, -0.05) is 0 Å². The van der Waals surface area contributed by atoms with Crippen LogP contribution in [0.2, 0.25) is 0 Å². The summed E-state index contributed by atoms with van der Waals surface area (Å²) in [5.41, 5.74) is 0. The molecule has 2 aromatic rings. The molecule has 0 atom stereocenters. The van der Waals surface area contributed by atoms with Crippen LogP contribution in [-0.4, -0.2) is 22.6 Å². The van der Waals surface area contributed by atoms with E-state index in [-0.39, 0.29) is 6.10 Å². The van der Waals surface area contributed by atoms with Crippen molar-refractivity contribution in [3.8, 4) is 5.88 Å². The van der Waals surface area contributed by atoms with Gasteiger partial charge in [0.15, 0.2) is 0 Å². The van der Waals surface area contributed by atoms with E-state index in [2.05, 4.69) is 15.3 Å². The minimum absolute atomic E-state index is 0.118. The fraction of sp³-hybridized carbons (Fsp3) is 0.455. The minimum Gasteiger partial charge on any atom is -0.474 e. The number of nitrogens with zero attached hydrogens (tertiary/aromatic N) is 2. The Labute approximate surface area is 98.7 Å². The molecule has 0 amide bonds. The normalized spacial score (nSPS) is 11.0. The lowest BCUT2D eigenvalue weighted by Gasteiger charge is -2.11. The molecule has 5 heteroatoms. The minimum atomic E-state index is 0.118. The second kappa shape index (κ2) is 4.65. The number of ether oxygens (including phenoxy) is 1. The Balaban J connectivity index is 2.46. The molecule has 2 heterocycles. The van der Waals surface area contributed by atoms with Crippen molar-refractivity contribution in [2.24, 2.45) is 0 Å². The monoisotopic (exact) mass is 237 g/mol. The number of aromatic nitrogens is 2. The summed E-state index contributed by atoms with van der Waals surface area (Å²) in [5, 5.41) is 6.10. The highest BCUT2D eigenvalue weighted by Gasteiger charge is 2.10. The number of fused-ring (bicyclic) bond motifs is 1. The molecular weight excluding hydrogens is 222 g/mol. The summed E-state index contributed by atoms with van der Waals surface area (Å²) < 4.78 is 5.69. The predicted molar refractivity (Wildman–Crippen MR) is 67.3 cm³/mol. The Morgan fingerprint density at radius 1 is 1.44 bits per heavy atom. The first-order chi connectivity index (χ1) is 7.70. The van der Waals surface area contributed by atoms with E-state index in [0.29, 0.717) is 11.8 Å². The van der Waals surface area contributed by atoms with Crippen molar-refractivity contribution in [2.45, 2.75) is 26.9 Å². The van der Waals surface area contributed by atoms with E-state index in [1.165, 1.54) is 0 Å². The lowest BCUT2D eigenvalue weighted by atomic mass is 10.4. The SMILES string of the molecule is CCNc1nc(OC(C)C)c2ccsc2n1. The molecule has 0 radical (unpaired) electrons. The molecule has 0 aliphatic rings. The Morgan fingerprint density at radius 3 is 2.94 bits per heavy atom. The van der Waals surface area contributed by atoms with Gasteiger partial charge in [0, 0.05) is 6.54 Å². The molecule has 0 bridgehead atoms. The fourth-order valence-electron chi connectivity index (χ4n) is 1.38. The summed E-state index contributed by atoms with van der Waals surface area (Å²) in [7, 11) is 0. The van der Waals surface area contributed by atoms with Gasteiger partial charge in [0.25, 0.3) is 0 Å². The number of hydrogen-bond donors (Lipinski definition) is 1. The molecule has 16 heavy (non-hydrogen) atoms. The van der Waals surface area contributed by atoms with Gasteiger partial charge in [0.05, 0.1) is 11.5 Å². The maximum absolute atomic E-state index is 5.69. The molecule has 2 rings (SSSR count). The van der Waals surface area contributed by atoms with Gasteiger partial charge < -0.3 is 10.1 Å². The molecule has 86 valence electrons. The molecule has 0 unspecified atom stereocenters. The van der Waals surface area contributed by atoms with Gasteiger partial charge in [0.2, 0.25) is 11.8 Å². The van der Waals surface area contributed by atoms with E-state index in [4.69, 9.17) is 4.74 Å². The van der Waals surface area contributed by atoms with Gasteiger partial charge in [-0.25, -0.2) is 4.98 Å². The topological polar surface area (TPSA) is 47.0 Å². The highest BCUT2D eigenvalue weighted by molar-refractivity contribution is 7.16. The zero-order valence-corrected chi connectivity index (χ0v) is 10.5. The molecule has 4 nitrogen and oxygen atoms in total. The Bertz CT molecular complexity index is 481. The highest BCUT2D eigenvalue weighted by Crippen LogP contribution is 2.28. The van der Waals surface area contributed by atoms with Crippen molar-refractivity contribution in [1.82, 2.24) is 9.97 Å². The summed E-state index contributed by atoms with van der Waals surface area (Å²) in [6, 6.07) is 1.99. The third kappa shape index (κ3) is 2.24. The molecule has 0 aliphatic heterocycles. The standard InChI is InChI=1S/C11H15N3OS/c1-4-12-11-13-9(15-7(2)3)8-5-6-16-10(8)14-11/h5-7H,4H2,1-3H3,(H,12,13,14). The van der Waals surface area contributed by atoms with Crippen molar-refractivity contribution in [1.29, 1.82) is 0 Å². The van der Waals surface area contributed by atoms with Crippen molar-refractivity contribution in [2.75, 3.05) is 11.9 Å². The molecule has 0 aromatic carbocycles. The quantitative estimate of drug-likeness (QED) is 0.888. The van der Waals surface area contributed by atoms with Crippen LogP contribution in [0.15, 0.2) is 11.4 Å². The van der Waals surface area contributed by atoms with Crippen molar-refractivity contribution in [3.63, 3.8) is 0 Å². The van der Waals surface area contributed by atoms with Crippen molar-refractivity contribution < 1.29 is 4.74 Å². The largest absolute Gasteiger partial charge is 0.474 e. The number of thiophene rings is 1. The van der Waals surface area contributed by atoms with Crippen LogP contribution >= 0.6 is 11.3 Å². The van der Waals surface area contributed by atoms with Gasteiger partial charge in [-0.3, -0.25) is 0 Å². The maximum atomic E-state index is 5.69. The average molecular weight is 237 g/mol. The molecule has 0 fully saturated rings. The Morgan fingerprint density at radius 2 is 2.25 bits per heavy atom. The maximum Gasteiger partial charge on any atom is 0.227 e. The van der Waals surface area contributed by atoms with Gasteiger partial charge in [0.1, 0.15) is 4.83 Å². The van der Waals surface area contributed by atoms with E-state index in [1.807, 2.05) is 32.2 Å². The van der Waals surface area contributed by atoms with Crippen LogP contribution in [0.3, 0.4) is 0 Å². The van der Waals surface area contributed by atoms with E-state index in [9.17, 15) is 0 Å². The molecule has 0 spiro atoms. The average Bonchev–Trinajstić information content (AvgIpc) is 2.65. The van der Waals surface area contributed by atoms with E-state index in [1.54, 1.807) is 11.3 Å². The lowest BCUT2D eigenvalue weighted by molar-refractivity contribution is 0.236. The van der Waals surface area contributed by atoms with E-state index < -0.39 is 0 Å². The second-order valence-corrected chi connectivity index (χ2v) is 4.58. The summed E-state index contributed by atoms with van der Waals surface area (Å²) in [5.74, 6) is 1.30. The van der Waals surface area contributed by atoms with Crippen LogP contribution in [0.5, 0.6) is 5.88 Å². The molecular formula is C11H15N3OS. The van der Waals surface area contributed by atoms with E-state index >= 15 is 0 Å².